The number of aliphatic hydroxyl groups excluding tert-OH is 1. The summed E-state index contributed by atoms with van der Waals surface area (Å²) in [7, 11) is 0. The third-order valence-corrected chi connectivity index (χ3v) is 4.60. The summed E-state index contributed by atoms with van der Waals surface area (Å²) in [6.45, 7) is 4.50. The van der Waals surface area contributed by atoms with Crippen molar-refractivity contribution >= 4 is 11.6 Å². The maximum absolute atomic E-state index is 11.4. The first-order valence-corrected chi connectivity index (χ1v) is 8.55. The highest BCUT2D eigenvalue weighted by atomic mass is 35.5. The maximum atomic E-state index is 11.4. The molecule has 0 fully saturated rings. The molecule has 2 nitrogen and oxygen atoms in total. The smallest absolute Gasteiger partial charge is 0.0925 e. The first-order chi connectivity index (χ1) is 10.1. The van der Waals surface area contributed by atoms with E-state index >= 15 is 0 Å². The Morgan fingerprint density at radius 1 is 1.19 bits per heavy atom. The van der Waals surface area contributed by atoms with Gasteiger partial charge in [-0.05, 0) is 49.3 Å². The van der Waals surface area contributed by atoms with Crippen LogP contribution in [0.15, 0.2) is 24.3 Å². The van der Waals surface area contributed by atoms with Gasteiger partial charge in [-0.3, -0.25) is 0 Å². The Hall–Kier alpha value is -0.570. The second-order valence-corrected chi connectivity index (χ2v) is 6.30. The molecule has 0 aliphatic heterocycles. The van der Waals surface area contributed by atoms with Gasteiger partial charge >= 0.3 is 0 Å². The molecule has 0 aliphatic rings. The van der Waals surface area contributed by atoms with Gasteiger partial charge in [0.05, 0.1) is 5.60 Å². The summed E-state index contributed by atoms with van der Waals surface area (Å²) in [4.78, 5) is 0. The molecule has 2 N–H and O–H groups in total. The number of hydrogen-bond acceptors (Lipinski definition) is 2. The molecule has 0 spiro atoms. The molecule has 0 unspecified atom stereocenters. The van der Waals surface area contributed by atoms with Gasteiger partial charge in [0.15, 0.2) is 0 Å². The van der Waals surface area contributed by atoms with E-state index in [2.05, 4.69) is 13.8 Å². The first kappa shape index (κ1) is 18.5. The largest absolute Gasteiger partial charge is 0.396 e. The molecule has 120 valence electrons. The van der Waals surface area contributed by atoms with E-state index in [1.165, 1.54) is 0 Å². The first-order valence-electron chi connectivity index (χ1n) is 8.17. The fourth-order valence-electron chi connectivity index (χ4n) is 3.08. The summed E-state index contributed by atoms with van der Waals surface area (Å²) in [5.74, 6) is 0.231. The van der Waals surface area contributed by atoms with E-state index in [1.807, 2.05) is 24.3 Å². The minimum absolute atomic E-state index is 0.178. The van der Waals surface area contributed by atoms with Gasteiger partial charge in [-0.25, -0.2) is 0 Å². The summed E-state index contributed by atoms with van der Waals surface area (Å²) in [5, 5.41) is 21.1. The van der Waals surface area contributed by atoms with E-state index in [-0.39, 0.29) is 12.5 Å². The van der Waals surface area contributed by atoms with E-state index in [4.69, 9.17) is 16.7 Å². The number of aliphatic hydroxyl groups is 2. The van der Waals surface area contributed by atoms with Crippen LogP contribution in [0, 0.1) is 5.92 Å². The summed E-state index contributed by atoms with van der Waals surface area (Å²) < 4.78 is 0. The van der Waals surface area contributed by atoms with E-state index in [1.54, 1.807) is 0 Å². The molecule has 0 heterocycles. The van der Waals surface area contributed by atoms with Crippen molar-refractivity contribution in [2.24, 2.45) is 5.92 Å². The summed E-state index contributed by atoms with van der Waals surface area (Å²) >= 11 is 6.11. The van der Waals surface area contributed by atoms with Crippen LogP contribution in [-0.2, 0) is 5.60 Å². The highest BCUT2D eigenvalue weighted by Crippen LogP contribution is 2.40. The fourth-order valence-corrected chi connectivity index (χ4v) is 3.27. The zero-order valence-corrected chi connectivity index (χ0v) is 14.1. The van der Waals surface area contributed by atoms with Crippen molar-refractivity contribution in [3.63, 3.8) is 0 Å². The van der Waals surface area contributed by atoms with Crippen molar-refractivity contribution in [1.82, 2.24) is 0 Å². The predicted molar refractivity (Wildman–Crippen MR) is 89.6 cm³/mol. The summed E-state index contributed by atoms with van der Waals surface area (Å²) in [6, 6.07) is 7.60. The lowest BCUT2D eigenvalue weighted by atomic mass is 9.74. The van der Waals surface area contributed by atoms with Crippen LogP contribution < -0.4 is 0 Å². The third-order valence-electron chi connectivity index (χ3n) is 4.36. The van der Waals surface area contributed by atoms with Crippen LogP contribution in [0.3, 0.4) is 0 Å². The lowest BCUT2D eigenvalue weighted by molar-refractivity contribution is -0.0405. The van der Waals surface area contributed by atoms with Crippen LogP contribution in [0.1, 0.15) is 64.4 Å². The molecule has 0 aliphatic carbocycles. The monoisotopic (exact) mass is 312 g/mol. The van der Waals surface area contributed by atoms with Gasteiger partial charge in [-0.1, -0.05) is 56.8 Å². The molecule has 1 aromatic rings. The molecule has 0 bridgehead atoms. The number of halogens is 1. The van der Waals surface area contributed by atoms with E-state index in [9.17, 15) is 5.11 Å². The molecule has 2 atom stereocenters. The minimum Gasteiger partial charge on any atom is -0.396 e. The van der Waals surface area contributed by atoms with Crippen molar-refractivity contribution in [1.29, 1.82) is 0 Å². The van der Waals surface area contributed by atoms with Crippen molar-refractivity contribution < 1.29 is 10.2 Å². The second-order valence-electron chi connectivity index (χ2n) is 5.86. The lowest BCUT2D eigenvalue weighted by Gasteiger charge is -2.37. The Morgan fingerprint density at radius 3 is 2.52 bits per heavy atom. The van der Waals surface area contributed by atoms with Gasteiger partial charge in [-0.2, -0.15) is 0 Å². The Morgan fingerprint density at radius 2 is 1.95 bits per heavy atom. The van der Waals surface area contributed by atoms with Crippen molar-refractivity contribution in [3.05, 3.63) is 34.9 Å². The highest BCUT2D eigenvalue weighted by Gasteiger charge is 2.36. The number of rotatable bonds is 10. The van der Waals surface area contributed by atoms with Crippen molar-refractivity contribution in [2.45, 2.75) is 64.4 Å². The number of benzene rings is 1. The molecular weight excluding hydrogens is 284 g/mol. The van der Waals surface area contributed by atoms with Crippen LogP contribution in [0.25, 0.3) is 0 Å². The summed E-state index contributed by atoms with van der Waals surface area (Å²) in [6.07, 6.45) is 6.46. The van der Waals surface area contributed by atoms with E-state index in [0.29, 0.717) is 11.4 Å². The zero-order chi connectivity index (χ0) is 15.7. The highest BCUT2D eigenvalue weighted by molar-refractivity contribution is 6.30. The second kappa shape index (κ2) is 9.45. The fraction of sp³-hybridized carbons (Fsp3) is 0.667. The van der Waals surface area contributed by atoms with Crippen LogP contribution >= 0.6 is 11.6 Å². The van der Waals surface area contributed by atoms with E-state index < -0.39 is 5.60 Å². The van der Waals surface area contributed by atoms with Crippen molar-refractivity contribution in [3.8, 4) is 0 Å². The van der Waals surface area contributed by atoms with Crippen LogP contribution in [0.2, 0.25) is 5.02 Å². The maximum Gasteiger partial charge on any atom is 0.0925 e. The predicted octanol–water partition coefficient (Wildman–Crippen LogP) is 4.91. The van der Waals surface area contributed by atoms with Gasteiger partial charge in [-0.15, -0.1) is 0 Å². The molecular formula is C18H29ClO2. The van der Waals surface area contributed by atoms with Gasteiger partial charge in [0, 0.05) is 11.6 Å². The quantitative estimate of drug-likeness (QED) is 0.603. The third kappa shape index (κ3) is 5.28. The standard InChI is InChI=1S/C18H29ClO2/c1-3-5-9-15(4-2)18(21,12-6-7-13-20)16-10-8-11-17(19)14-16/h8,10-11,14-15,20-21H,3-7,9,12-13H2,1-2H3/t15-,18-/m0/s1. The average Bonchev–Trinajstić information content (AvgIpc) is 2.48. The topological polar surface area (TPSA) is 40.5 Å². The SMILES string of the molecule is CCCC[C@H](CC)[C@@](O)(CCCCO)c1cccc(Cl)c1. The average molecular weight is 313 g/mol. The van der Waals surface area contributed by atoms with Gasteiger partial charge < -0.3 is 10.2 Å². The minimum atomic E-state index is -0.843. The molecule has 0 aromatic heterocycles. The van der Waals surface area contributed by atoms with Gasteiger partial charge in [0.1, 0.15) is 0 Å². The van der Waals surface area contributed by atoms with Crippen molar-refractivity contribution in [2.75, 3.05) is 6.61 Å². The lowest BCUT2D eigenvalue weighted by Crippen LogP contribution is -2.35. The molecule has 1 rings (SSSR count). The Balaban J connectivity index is 3.02. The number of unbranched alkanes of at least 4 members (excludes halogenated alkanes) is 2. The Kier molecular flexibility index (Phi) is 8.31. The normalized spacial score (nSPS) is 15.7. The summed E-state index contributed by atoms with van der Waals surface area (Å²) in [5.41, 5.74) is 0.0696. The van der Waals surface area contributed by atoms with Crippen LogP contribution in [0.4, 0.5) is 0 Å². The van der Waals surface area contributed by atoms with Crippen LogP contribution in [0.5, 0.6) is 0 Å². The van der Waals surface area contributed by atoms with Crippen LogP contribution in [-0.4, -0.2) is 16.8 Å². The molecule has 21 heavy (non-hydrogen) atoms. The molecule has 0 amide bonds. The van der Waals surface area contributed by atoms with E-state index in [0.717, 1.165) is 44.1 Å². The molecule has 0 saturated carbocycles. The molecule has 0 saturated heterocycles. The Bertz CT molecular complexity index is 408. The molecule has 1 aromatic carbocycles. The Labute approximate surface area is 134 Å². The molecule has 0 radical (unpaired) electrons. The van der Waals surface area contributed by atoms with Gasteiger partial charge in [0.25, 0.3) is 0 Å². The number of hydrogen-bond donors (Lipinski definition) is 2. The zero-order valence-electron chi connectivity index (χ0n) is 13.3. The van der Waals surface area contributed by atoms with Gasteiger partial charge in [0.2, 0.25) is 0 Å². The molecule has 3 heteroatoms.